The summed E-state index contributed by atoms with van der Waals surface area (Å²) in [6, 6.07) is 8.89. The lowest BCUT2D eigenvalue weighted by atomic mass is 9.84. The van der Waals surface area contributed by atoms with Crippen LogP contribution in [0.15, 0.2) is 24.3 Å². The quantitative estimate of drug-likeness (QED) is 0.781. The molecular formula is C14H20INO. The van der Waals surface area contributed by atoms with Crippen molar-refractivity contribution in [2.24, 2.45) is 0 Å². The van der Waals surface area contributed by atoms with E-state index in [4.69, 9.17) is 4.74 Å². The number of ether oxygens (including phenoxy) is 1. The Hall–Kier alpha value is -0.130. The minimum Gasteiger partial charge on any atom is -0.379 e. The molecule has 1 heterocycles. The lowest BCUT2D eigenvalue weighted by Gasteiger charge is -2.35. The van der Waals surface area contributed by atoms with E-state index in [9.17, 15) is 0 Å². The van der Waals surface area contributed by atoms with Gasteiger partial charge in [0.2, 0.25) is 0 Å². The minimum absolute atomic E-state index is 0.210. The maximum Gasteiger partial charge on any atom is 0.0594 e. The number of halogens is 1. The van der Waals surface area contributed by atoms with Crippen molar-refractivity contribution in [3.63, 3.8) is 0 Å². The average Bonchev–Trinajstić information content (AvgIpc) is 2.30. The second-order valence-corrected chi connectivity index (χ2v) is 6.52. The Labute approximate surface area is 117 Å². The summed E-state index contributed by atoms with van der Waals surface area (Å²) in [5.41, 5.74) is 1.63. The van der Waals surface area contributed by atoms with Crippen LogP contribution in [0, 0.1) is 3.57 Å². The molecule has 1 aliphatic rings. The van der Waals surface area contributed by atoms with E-state index < -0.39 is 0 Å². The molecule has 1 aliphatic heterocycles. The molecular weight excluding hydrogens is 325 g/mol. The highest BCUT2D eigenvalue weighted by molar-refractivity contribution is 14.1. The zero-order valence-electron chi connectivity index (χ0n) is 10.6. The highest BCUT2D eigenvalue weighted by Gasteiger charge is 2.24. The third kappa shape index (κ3) is 3.66. The molecule has 0 N–H and O–H groups in total. The fourth-order valence-corrected chi connectivity index (χ4v) is 2.67. The van der Waals surface area contributed by atoms with Crippen molar-refractivity contribution in [2.75, 3.05) is 32.8 Å². The van der Waals surface area contributed by atoms with Crippen molar-refractivity contribution in [3.8, 4) is 0 Å². The van der Waals surface area contributed by atoms with Crippen LogP contribution in [0.25, 0.3) is 0 Å². The SMILES string of the molecule is CC(C)(CN1CCOCC1)c1ccc(I)cc1. The summed E-state index contributed by atoms with van der Waals surface area (Å²) in [6.45, 7) is 9.64. The van der Waals surface area contributed by atoms with E-state index in [0.29, 0.717) is 0 Å². The van der Waals surface area contributed by atoms with Crippen molar-refractivity contribution in [2.45, 2.75) is 19.3 Å². The summed E-state index contributed by atoms with van der Waals surface area (Å²) in [5, 5.41) is 0. The van der Waals surface area contributed by atoms with Crippen molar-refractivity contribution in [1.82, 2.24) is 4.90 Å². The van der Waals surface area contributed by atoms with Crippen LogP contribution in [0.5, 0.6) is 0 Å². The van der Waals surface area contributed by atoms with Crippen molar-refractivity contribution < 1.29 is 4.74 Å². The van der Waals surface area contributed by atoms with Gasteiger partial charge in [0.15, 0.2) is 0 Å². The van der Waals surface area contributed by atoms with Crippen molar-refractivity contribution in [3.05, 3.63) is 33.4 Å². The first-order chi connectivity index (χ1) is 8.08. The van der Waals surface area contributed by atoms with Crippen molar-refractivity contribution in [1.29, 1.82) is 0 Å². The molecule has 0 amide bonds. The Morgan fingerprint density at radius 1 is 1.18 bits per heavy atom. The molecule has 0 atom stereocenters. The first-order valence-electron chi connectivity index (χ1n) is 6.14. The zero-order valence-corrected chi connectivity index (χ0v) is 12.7. The summed E-state index contributed by atoms with van der Waals surface area (Å²) in [7, 11) is 0. The first kappa shape index (κ1) is 13.3. The third-order valence-corrected chi connectivity index (χ3v) is 4.07. The summed E-state index contributed by atoms with van der Waals surface area (Å²) in [5.74, 6) is 0. The van der Waals surface area contributed by atoms with E-state index in [2.05, 4.69) is 65.6 Å². The number of hydrogen-bond donors (Lipinski definition) is 0. The van der Waals surface area contributed by atoms with Gasteiger partial charge in [-0.05, 0) is 40.3 Å². The van der Waals surface area contributed by atoms with Gasteiger partial charge < -0.3 is 4.74 Å². The van der Waals surface area contributed by atoms with Crippen LogP contribution < -0.4 is 0 Å². The predicted molar refractivity (Wildman–Crippen MR) is 79.4 cm³/mol. The van der Waals surface area contributed by atoms with Gasteiger partial charge in [-0.3, -0.25) is 4.90 Å². The Kier molecular flexibility index (Phi) is 4.44. The van der Waals surface area contributed by atoms with Gasteiger partial charge >= 0.3 is 0 Å². The Morgan fingerprint density at radius 2 is 1.76 bits per heavy atom. The number of morpholine rings is 1. The van der Waals surface area contributed by atoms with Crippen LogP contribution in [-0.4, -0.2) is 37.7 Å². The molecule has 1 aromatic carbocycles. The van der Waals surface area contributed by atoms with E-state index in [1.165, 1.54) is 9.13 Å². The zero-order chi connectivity index (χ0) is 12.3. The van der Waals surface area contributed by atoms with Crippen LogP contribution in [-0.2, 0) is 10.2 Å². The predicted octanol–water partition coefficient (Wildman–Crippen LogP) is 2.90. The largest absolute Gasteiger partial charge is 0.379 e. The standard InChI is InChI=1S/C14H20INO/c1-14(2,11-16-7-9-17-10-8-16)12-3-5-13(15)6-4-12/h3-6H,7-11H2,1-2H3. The van der Waals surface area contributed by atoms with Gasteiger partial charge in [0, 0.05) is 28.6 Å². The molecule has 2 nitrogen and oxygen atoms in total. The van der Waals surface area contributed by atoms with Gasteiger partial charge in [-0.1, -0.05) is 26.0 Å². The van der Waals surface area contributed by atoms with E-state index in [0.717, 1.165) is 32.8 Å². The normalized spacial score (nSPS) is 18.3. The monoisotopic (exact) mass is 345 g/mol. The van der Waals surface area contributed by atoms with Gasteiger partial charge in [0.25, 0.3) is 0 Å². The fraction of sp³-hybridized carbons (Fsp3) is 0.571. The number of hydrogen-bond acceptors (Lipinski definition) is 2. The van der Waals surface area contributed by atoms with Crippen LogP contribution in [0.4, 0.5) is 0 Å². The molecule has 94 valence electrons. The van der Waals surface area contributed by atoms with Crippen molar-refractivity contribution >= 4 is 22.6 Å². The summed E-state index contributed by atoms with van der Waals surface area (Å²) < 4.78 is 6.69. The Morgan fingerprint density at radius 3 is 2.35 bits per heavy atom. The average molecular weight is 345 g/mol. The summed E-state index contributed by atoms with van der Waals surface area (Å²) in [6.07, 6.45) is 0. The molecule has 2 rings (SSSR count). The van der Waals surface area contributed by atoms with Gasteiger partial charge in [-0.2, -0.15) is 0 Å². The van der Waals surface area contributed by atoms with E-state index in [-0.39, 0.29) is 5.41 Å². The summed E-state index contributed by atoms with van der Waals surface area (Å²) in [4.78, 5) is 2.50. The lowest BCUT2D eigenvalue weighted by Crippen LogP contribution is -2.43. The molecule has 1 aromatic rings. The number of rotatable bonds is 3. The Bertz CT molecular complexity index is 355. The molecule has 0 aromatic heterocycles. The van der Waals surface area contributed by atoms with E-state index >= 15 is 0 Å². The molecule has 0 spiro atoms. The number of nitrogens with zero attached hydrogens (tertiary/aromatic N) is 1. The van der Waals surface area contributed by atoms with E-state index in [1.807, 2.05) is 0 Å². The Balaban J connectivity index is 2.04. The maximum absolute atomic E-state index is 5.39. The van der Waals surface area contributed by atoms with Gasteiger partial charge in [0.05, 0.1) is 13.2 Å². The van der Waals surface area contributed by atoms with Crippen LogP contribution in [0.1, 0.15) is 19.4 Å². The molecule has 1 fully saturated rings. The highest BCUT2D eigenvalue weighted by atomic mass is 127. The van der Waals surface area contributed by atoms with Crippen LogP contribution in [0.3, 0.4) is 0 Å². The fourth-order valence-electron chi connectivity index (χ4n) is 2.31. The second-order valence-electron chi connectivity index (χ2n) is 5.28. The first-order valence-corrected chi connectivity index (χ1v) is 7.22. The molecule has 3 heteroatoms. The molecule has 1 saturated heterocycles. The minimum atomic E-state index is 0.210. The smallest absolute Gasteiger partial charge is 0.0594 e. The number of benzene rings is 1. The maximum atomic E-state index is 5.39. The molecule has 17 heavy (non-hydrogen) atoms. The third-order valence-electron chi connectivity index (χ3n) is 3.35. The summed E-state index contributed by atoms with van der Waals surface area (Å²) >= 11 is 2.35. The van der Waals surface area contributed by atoms with Gasteiger partial charge in [-0.25, -0.2) is 0 Å². The van der Waals surface area contributed by atoms with Crippen LogP contribution >= 0.6 is 22.6 Å². The molecule has 0 bridgehead atoms. The molecule has 0 unspecified atom stereocenters. The van der Waals surface area contributed by atoms with Gasteiger partial charge in [0.1, 0.15) is 0 Å². The topological polar surface area (TPSA) is 12.5 Å². The second kappa shape index (κ2) is 5.67. The van der Waals surface area contributed by atoms with E-state index in [1.54, 1.807) is 0 Å². The molecule has 0 aliphatic carbocycles. The highest BCUT2D eigenvalue weighted by Crippen LogP contribution is 2.25. The van der Waals surface area contributed by atoms with Crippen LogP contribution in [0.2, 0.25) is 0 Å². The molecule has 0 radical (unpaired) electrons. The lowest BCUT2D eigenvalue weighted by molar-refractivity contribution is 0.0295. The van der Waals surface area contributed by atoms with Gasteiger partial charge in [-0.15, -0.1) is 0 Å². The molecule has 0 saturated carbocycles.